The molecular weight excluding hydrogens is 386 g/mol. The van der Waals surface area contributed by atoms with Gasteiger partial charge in [0.05, 0.1) is 26.4 Å². The van der Waals surface area contributed by atoms with Crippen molar-refractivity contribution in [3.05, 3.63) is 78.4 Å². The van der Waals surface area contributed by atoms with Crippen molar-refractivity contribution in [2.45, 2.75) is 0 Å². The van der Waals surface area contributed by atoms with E-state index in [9.17, 15) is 35.1 Å². The summed E-state index contributed by atoms with van der Waals surface area (Å²) in [7, 11) is 0. The third-order valence-corrected chi connectivity index (χ3v) is 4.56. The molecule has 0 spiro atoms. The number of benzene rings is 2. The first kappa shape index (κ1) is 19.7. The molecule has 0 saturated carbocycles. The fourth-order valence-corrected chi connectivity index (χ4v) is 3.06. The second-order valence-corrected chi connectivity index (χ2v) is 6.31. The van der Waals surface area contributed by atoms with Crippen LogP contribution in [0.3, 0.4) is 0 Å². The third kappa shape index (κ3) is 4.26. The highest BCUT2D eigenvalue weighted by atomic mass is 16.6. The molecule has 1 fully saturated rings. The van der Waals surface area contributed by atoms with Crippen LogP contribution in [0.5, 0.6) is 0 Å². The lowest BCUT2D eigenvalue weighted by Crippen LogP contribution is -2.48. The Bertz CT molecular complexity index is 952. The van der Waals surface area contributed by atoms with Crippen LogP contribution in [0.2, 0.25) is 0 Å². The summed E-state index contributed by atoms with van der Waals surface area (Å²) in [5.41, 5.74) is -0.405. The second kappa shape index (κ2) is 7.88. The van der Waals surface area contributed by atoms with E-state index in [4.69, 9.17) is 0 Å². The van der Waals surface area contributed by atoms with Crippen LogP contribution in [0.25, 0.3) is 0 Å². The molecule has 12 nitrogen and oxygen atoms in total. The maximum absolute atomic E-state index is 12.7. The number of nitrogens with zero attached hydrogens (tertiary/aromatic N) is 5. The standard InChI is InChI=1S/C17H15N5O7/c23-17(12-9-15(21(26)27)11-16(10-12)22(28)29)19-7-5-18(6-8-19)13-1-3-14(4-2-13)20(24)25/h1-4,9-11H,5-8H2. The van der Waals surface area contributed by atoms with E-state index in [1.54, 1.807) is 12.1 Å². The molecule has 12 heteroatoms. The Hall–Kier alpha value is -4.09. The van der Waals surface area contributed by atoms with Crippen molar-refractivity contribution in [3.63, 3.8) is 0 Å². The van der Waals surface area contributed by atoms with Crippen molar-refractivity contribution in [2.75, 3.05) is 31.1 Å². The molecule has 1 amide bonds. The maximum Gasteiger partial charge on any atom is 0.277 e. The fraction of sp³-hybridized carbons (Fsp3) is 0.235. The number of rotatable bonds is 5. The summed E-state index contributed by atoms with van der Waals surface area (Å²) in [5, 5.41) is 32.7. The molecule has 0 aromatic heterocycles. The lowest BCUT2D eigenvalue weighted by atomic mass is 10.1. The number of amides is 1. The van der Waals surface area contributed by atoms with E-state index in [0.29, 0.717) is 26.2 Å². The minimum atomic E-state index is -0.781. The number of carbonyl (C=O) groups excluding carboxylic acids is 1. The van der Waals surface area contributed by atoms with Gasteiger partial charge >= 0.3 is 0 Å². The van der Waals surface area contributed by atoms with Crippen LogP contribution in [-0.2, 0) is 0 Å². The molecule has 150 valence electrons. The van der Waals surface area contributed by atoms with Crippen molar-refractivity contribution in [2.24, 2.45) is 0 Å². The van der Waals surface area contributed by atoms with Crippen LogP contribution in [0.1, 0.15) is 10.4 Å². The Morgan fingerprint density at radius 3 is 1.66 bits per heavy atom. The summed E-state index contributed by atoms with van der Waals surface area (Å²) in [6.45, 7) is 1.49. The minimum Gasteiger partial charge on any atom is -0.368 e. The molecule has 1 aliphatic heterocycles. The summed E-state index contributed by atoms with van der Waals surface area (Å²) < 4.78 is 0. The van der Waals surface area contributed by atoms with E-state index < -0.39 is 32.1 Å². The van der Waals surface area contributed by atoms with Gasteiger partial charge in [-0.2, -0.15) is 0 Å². The number of hydrogen-bond acceptors (Lipinski definition) is 8. The molecule has 0 radical (unpaired) electrons. The Labute approximate surface area is 163 Å². The van der Waals surface area contributed by atoms with Crippen LogP contribution in [-0.4, -0.2) is 51.8 Å². The molecule has 0 aliphatic carbocycles. The molecule has 2 aromatic rings. The highest BCUT2D eigenvalue weighted by Crippen LogP contribution is 2.25. The average Bonchev–Trinajstić information content (AvgIpc) is 2.73. The average molecular weight is 401 g/mol. The molecular formula is C17H15N5O7. The molecule has 1 aliphatic rings. The Balaban J connectivity index is 1.72. The van der Waals surface area contributed by atoms with Crippen molar-refractivity contribution in [1.82, 2.24) is 4.90 Å². The Morgan fingerprint density at radius 2 is 1.21 bits per heavy atom. The summed E-state index contributed by atoms with van der Waals surface area (Å²) in [6, 6.07) is 8.91. The zero-order chi connectivity index (χ0) is 21.1. The first-order valence-corrected chi connectivity index (χ1v) is 8.49. The highest BCUT2D eigenvalue weighted by Gasteiger charge is 2.26. The number of hydrogen-bond donors (Lipinski definition) is 0. The van der Waals surface area contributed by atoms with Gasteiger partial charge in [-0.25, -0.2) is 0 Å². The fourth-order valence-electron chi connectivity index (χ4n) is 3.06. The van der Waals surface area contributed by atoms with E-state index >= 15 is 0 Å². The van der Waals surface area contributed by atoms with Gasteiger partial charge in [0.1, 0.15) is 0 Å². The summed E-state index contributed by atoms with van der Waals surface area (Å²) in [4.78, 5) is 46.8. The van der Waals surface area contributed by atoms with Gasteiger partial charge < -0.3 is 9.80 Å². The first-order valence-electron chi connectivity index (χ1n) is 8.49. The molecule has 1 heterocycles. The van der Waals surface area contributed by atoms with Gasteiger partial charge in [0.2, 0.25) is 0 Å². The minimum absolute atomic E-state index is 0.0187. The predicted molar refractivity (Wildman–Crippen MR) is 101 cm³/mol. The van der Waals surface area contributed by atoms with E-state index in [2.05, 4.69) is 0 Å². The first-order chi connectivity index (χ1) is 13.8. The molecule has 3 rings (SSSR count). The summed E-state index contributed by atoms with van der Waals surface area (Å²) in [6.07, 6.45) is 0. The van der Waals surface area contributed by atoms with Crippen LogP contribution in [0.4, 0.5) is 22.7 Å². The number of anilines is 1. The van der Waals surface area contributed by atoms with Crippen LogP contribution in [0.15, 0.2) is 42.5 Å². The van der Waals surface area contributed by atoms with Gasteiger partial charge in [0, 0.05) is 56.1 Å². The molecule has 0 unspecified atom stereocenters. The molecule has 2 aromatic carbocycles. The number of carbonyl (C=O) groups is 1. The van der Waals surface area contributed by atoms with Gasteiger partial charge in [-0.15, -0.1) is 0 Å². The lowest BCUT2D eigenvalue weighted by Gasteiger charge is -2.36. The molecule has 29 heavy (non-hydrogen) atoms. The summed E-state index contributed by atoms with van der Waals surface area (Å²) in [5.74, 6) is -0.528. The van der Waals surface area contributed by atoms with Crippen LogP contribution >= 0.6 is 0 Å². The zero-order valence-corrected chi connectivity index (χ0v) is 15.0. The van der Waals surface area contributed by atoms with Gasteiger partial charge in [-0.1, -0.05) is 0 Å². The number of nitro benzene ring substituents is 3. The number of non-ortho nitro benzene ring substituents is 3. The predicted octanol–water partition coefficient (Wildman–Crippen LogP) is 2.37. The summed E-state index contributed by atoms with van der Waals surface area (Å²) >= 11 is 0. The number of piperazine rings is 1. The molecule has 1 saturated heterocycles. The highest BCUT2D eigenvalue weighted by molar-refractivity contribution is 5.95. The molecule has 0 atom stereocenters. The quantitative estimate of drug-likeness (QED) is 0.546. The smallest absolute Gasteiger partial charge is 0.277 e. The largest absolute Gasteiger partial charge is 0.368 e. The van der Waals surface area contributed by atoms with Crippen molar-refractivity contribution < 1.29 is 19.6 Å². The topological polar surface area (TPSA) is 153 Å². The number of nitro groups is 3. The second-order valence-electron chi connectivity index (χ2n) is 6.31. The van der Waals surface area contributed by atoms with E-state index in [-0.39, 0.29) is 11.3 Å². The van der Waals surface area contributed by atoms with E-state index in [1.807, 2.05) is 4.90 Å². The molecule has 0 bridgehead atoms. The van der Waals surface area contributed by atoms with Crippen molar-refractivity contribution in [3.8, 4) is 0 Å². The van der Waals surface area contributed by atoms with E-state index in [0.717, 1.165) is 23.9 Å². The monoisotopic (exact) mass is 401 g/mol. The Kier molecular flexibility index (Phi) is 5.34. The Morgan fingerprint density at radius 1 is 0.724 bits per heavy atom. The van der Waals surface area contributed by atoms with Crippen molar-refractivity contribution >= 4 is 28.7 Å². The zero-order valence-electron chi connectivity index (χ0n) is 15.0. The van der Waals surface area contributed by atoms with Gasteiger partial charge in [0.15, 0.2) is 0 Å². The SMILES string of the molecule is O=C(c1cc([N+](=O)[O-])cc([N+](=O)[O-])c1)N1CCN(c2ccc([N+](=O)[O-])cc2)CC1. The van der Waals surface area contributed by atoms with Gasteiger partial charge in [-0.3, -0.25) is 35.1 Å². The normalized spacial score (nSPS) is 13.8. The van der Waals surface area contributed by atoms with Crippen LogP contribution in [0, 0.1) is 30.3 Å². The van der Waals surface area contributed by atoms with Crippen LogP contribution < -0.4 is 4.90 Å². The van der Waals surface area contributed by atoms with Crippen molar-refractivity contribution in [1.29, 1.82) is 0 Å². The molecule has 0 N–H and O–H groups in total. The van der Waals surface area contributed by atoms with Gasteiger partial charge in [0.25, 0.3) is 23.0 Å². The maximum atomic E-state index is 12.7. The third-order valence-electron chi connectivity index (χ3n) is 4.56. The lowest BCUT2D eigenvalue weighted by molar-refractivity contribution is -0.394. The van der Waals surface area contributed by atoms with E-state index in [1.165, 1.54) is 17.0 Å². The van der Waals surface area contributed by atoms with Gasteiger partial charge in [-0.05, 0) is 12.1 Å².